The molecule has 0 amide bonds. The van der Waals surface area contributed by atoms with E-state index in [0.29, 0.717) is 17.9 Å². The third-order valence-corrected chi connectivity index (χ3v) is 3.63. The summed E-state index contributed by atoms with van der Waals surface area (Å²) in [5, 5.41) is 3.49. The first-order valence-corrected chi connectivity index (χ1v) is 7.74. The summed E-state index contributed by atoms with van der Waals surface area (Å²) < 4.78 is 26.7. The number of hydrogen-bond donors (Lipinski definition) is 1. The molecule has 1 nitrogen and oxygen atoms in total. The smallest absolute Gasteiger partial charge is 0.129 e. The molecule has 0 saturated heterocycles. The molecule has 0 heterocycles. The molecule has 1 rings (SSSR count). The zero-order chi connectivity index (χ0) is 15.0. The normalized spacial score (nSPS) is 14.2. The van der Waals surface area contributed by atoms with Crippen LogP contribution in [0.1, 0.15) is 52.0 Å². The number of hydrogen-bond acceptors (Lipinski definition) is 1. The topological polar surface area (TPSA) is 12.0 Å². The monoisotopic (exact) mass is 283 g/mol. The van der Waals surface area contributed by atoms with Crippen LogP contribution in [0.25, 0.3) is 0 Å². The van der Waals surface area contributed by atoms with Gasteiger partial charge >= 0.3 is 0 Å². The van der Waals surface area contributed by atoms with Crippen molar-refractivity contribution in [3.63, 3.8) is 0 Å². The van der Waals surface area contributed by atoms with E-state index in [0.717, 1.165) is 25.5 Å². The van der Waals surface area contributed by atoms with Gasteiger partial charge in [-0.3, -0.25) is 0 Å². The van der Waals surface area contributed by atoms with E-state index < -0.39 is 11.6 Å². The maximum atomic E-state index is 13.8. The first-order chi connectivity index (χ1) is 9.56. The highest BCUT2D eigenvalue weighted by atomic mass is 19.1. The van der Waals surface area contributed by atoms with E-state index in [1.807, 2.05) is 0 Å². The zero-order valence-electron chi connectivity index (χ0n) is 12.9. The third kappa shape index (κ3) is 6.00. The van der Waals surface area contributed by atoms with Gasteiger partial charge in [0.15, 0.2) is 0 Å². The van der Waals surface area contributed by atoms with Gasteiger partial charge in [-0.25, -0.2) is 8.78 Å². The molecule has 2 unspecified atom stereocenters. The maximum absolute atomic E-state index is 13.8. The molecule has 0 aliphatic carbocycles. The van der Waals surface area contributed by atoms with E-state index in [9.17, 15) is 8.78 Å². The molecule has 3 heteroatoms. The molecule has 0 fully saturated rings. The highest BCUT2D eigenvalue weighted by Gasteiger charge is 2.15. The average molecular weight is 283 g/mol. The van der Waals surface area contributed by atoms with Crippen LogP contribution in [0.5, 0.6) is 0 Å². The van der Waals surface area contributed by atoms with Crippen LogP contribution in [-0.4, -0.2) is 12.6 Å². The van der Waals surface area contributed by atoms with E-state index in [-0.39, 0.29) is 6.04 Å². The third-order valence-electron chi connectivity index (χ3n) is 3.63. The molecule has 0 aliphatic rings. The first-order valence-electron chi connectivity index (χ1n) is 7.74. The SMILES string of the molecule is CCCNC(Cc1ccc(F)cc1F)CC(C)CCC. The molecule has 0 radical (unpaired) electrons. The van der Waals surface area contributed by atoms with Crippen molar-refractivity contribution in [1.82, 2.24) is 5.32 Å². The Labute approximate surface area is 121 Å². The van der Waals surface area contributed by atoms with Crippen LogP contribution >= 0.6 is 0 Å². The lowest BCUT2D eigenvalue weighted by Gasteiger charge is -2.22. The van der Waals surface area contributed by atoms with Crippen molar-refractivity contribution in [3.05, 3.63) is 35.4 Å². The molecule has 0 aliphatic heterocycles. The summed E-state index contributed by atoms with van der Waals surface area (Å²) in [5.74, 6) is -0.321. The van der Waals surface area contributed by atoms with E-state index >= 15 is 0 Å². The fourth-order valence-electron chi connectivity index (χ4n) is 2.64. The second-order valence-electron chi connectivity index (χ2n) is 5.72. The average Bonchev–Trinajstić information content (AvgIpc) is 2.39. The van der Waals surface area contributed by atoms with Crippen LogP contribution in [-0.2, 0) is 6.42 Å². The molecule has 114 valence electrons. The van der Waals surface area contributed by atoms with Gasteiger partial charge in [0.1, 0.15) is 11.6 Å². The quantitative estimate of drug-likeness (QED) is 0.692. The lowest BCUT2D eigenvalue weighted by atomic mass is 9.93. The molecule has 0 aromatic heterocycles. The fourth-order valence-corrected chi connectivity index (χ4v) is 2.64. The predicted octanol–water partition coefficient (Wildman–Crippen LogP) is 4.70. The minimum atomic E-state index is -0.510. The van der Waals surface area contributed by atoms with Crippen molar-refractivity contribution >= 4 is 0 Å². The van der Waals surface area contributed by atoms with Gasteiger partial charge < -0.3 is 5.32 Å². The van der Waals surface area contributed by atoms with E-state index in [4.69, 9.17) is 0 Å². The summed E-state index contributed by atoms with van der Waals surface area (Å²) in [7, 11) is 0. The van der Waals surface area contributed by atoms with Gasteiger partial charge in [-0.1, -0.05) is 39.7 Å². The standard InChI is InChI=1S/C17H27F2N/c1-4-6-13(3)10-16(20-9-5-2)11-14-7-8-15(18)12-17(14)19/h7-8,12-13,16,20H,4-6,9-11H2,1-3H3. The number of rotatable bonds is 9. The van der Waals surface area contributed by atoms with Crippen LogP contribution in [0.15, 0.2) is 18.2 Å². The van der Waals surface area contributed by atoms with Gasteiger partial charge in [-0.15, -0.1) is 0 Å². The summed E-state index contributed by atoms with van der Waals surface area (Å²) in [6.45, 7) is 7.49. The predicted molar refractivity (Wildman–Crippen MR) is 80.8 cm³/mol. The zero-order valence-corrected chi connectivity index (χ0v) is 12.9. The second kappa shape index (κ2) is 9.06. The minimum absolute atomic E-state index is 0.261. The Balaban J connectivity index is 2.67. The van der Waals surface area contributed by atoms with Gasteiger partial charge in [-0.2, -0.15) is 0 Å². The van der Waals surface area contributed by atoms with Crippen LogP contribution in [0.2, 0.25) is 0 Å². The molecular formula is C17H27F2N. The summed E-state index contributed by atoms with van der Waals surface area (Å²) in [4.78, 5) is 0. The van der Waals surface area contributed by atoms with Gasteiger partial charge in [-0.05, 0) is 43.4 Å². The van der Waals surface area contributed by atoms with Gasteiger partial charge in [0.25, 0.3) is 0 Å². The van der Waals surface area contributed by atoms with E-state index in [2.05, 4.69) is 26.1 Å². The van der Waals surface area contributed by atoms with Gasteiger partial charge in [0.2, 0.25) is 0 Å². The molecule has 20 heavy (non-hydrogen) atoms. The summed E-state index contributed by atoms with van der Waals surface area (Å²) in [6, 6.07) is 4.14. The van der Waals surface area contributed by atoms with Crippen LogP contribution in [0, 0.1) is 17.6 Å². The van der Waals surface area contributed by atoms with Crippen molar-refractivity contribution in [2.45, 2.75) is 58.9 Å². The largest absolute Gasteiger partial charge is 0.314 e. The summed E-state index contributed by atoms with van der Waals surface area (Å²) in [5.41, 5.74) is 0.601. The number of benzene rings is 1. The van der Waals surface area contributed by atoms with Crippen molar-refractivity contribution in [2.75, 3.05) is 6.54 Å². The Morgan fingerprint density at radius 2 is 1.90 bits per heavy atom. The molecular weight excluding hydrogens is 256 g/mol. The van der Waals surface area contributed by atoms with Gasteiger partial charge in [0.05, 0.1) is 0 Å². The molecule has 1 aromatic rings. The minimum Gasteiger partial charge on any atom is -0.314 e. The van der Waals surface area contributed by atoms with Crippen molar-refractivity contribution < 1.29 is 8.78 Å². The molecule has 0 spiro atoms. The Bertz CT molecular complexity index is 393. The lowest BCUT2D eigenvalue weighted by molar-refractivity contribution is 0.377. The number of nitrogens with one attached hydrogen (secondary N) is 1. The van der Waals surface area contributed by atoms with Crippen molar-refractivity contribution in [3.8, 4) is 0 Å². The highest BCUT2D eigenvalue weighted by Crippen LogP contribution is 2.18. The Hall–Kier alpha value is -0.960. The molecule has 1 aromatic carbocycles. The molecule has 0 bridgehead atoms. The highest BCUT2D eigenvalue weighted by molar-refractivity contribution is 5.19. The number of halogens is 2. The van der Waals surface area contributed by atoms with Crippen LogP contribution < -0.4 is 5.32 Å². The molecule has 2 atom stereocenters. The maximum Gasteiger partial charge on any atom is 0.129 e. The Morgan fingerprint density at radius 3 is 2.50 bits per heavy atom. The summed E-state index contributed by atoms with van der Waals surface area (Å²) in [6.07, 6.45) is 5.08. The second-order valence-corrected chi connectivity index (χ2v) is 5.72. The Morgan fingerprint density at radius 1 is 1.15 bits per heavy atom. The van der Waals surface area contributed by atoms with Crippen molar-refractivity contribution in [1.29, 1.82) is 0 Å². The lowest BCUT2D eigenvalue weighted by Crippen LogP contribution is -2.33. The first kappa shape index (κ1) is 17.1. The molecule has 1 N–H and O–H groups in total. The summed E-state index contributed by atoms with van der Waals surface area (Å²) >= 11 is 0. The fraction of sp³-hybridized carbons (Fsp3) is 0.647. The molecule has 0 saturated carbocycles. The van der Waals surface area contributed by atoms with Crippen LogP contribution in [0.4, 0.5) is 8.78 Å². The van der Waals surface area contributed by atoms with Crippen LogP contribution in [0.3, 0.4) is 0 Å². The van der Waals surface area contributed by atoms with Gasteiger partial charge in [0, 0.05) is 12.1 Å². The van der Waals surface area contributed by atoms with E-state index in [1.165, 1.54) is 18.9 Å². The Kier molecular flexibility index (Phi) is 7.75. The van der Waals surface area contributed by atoms with Crippen molar-refractivity contribution in [2.24, 2.45) is 5.92 Å². The van der Waals surface area contributed by atoms with E-state index in [1.54, 1.807) is 6.07 Å².